The van der Waals surface area contributed by atoms with Crippen molar-refractivity contribution in [2.45, 2.75) is 110 Å². The van der Waals surface area contributed by atoms with Gasteiger partial charge < -0.3 is 4.42 Å². The largest absolute Gasteiger partial charge is 0.419 e. The molecule has 0 unspecified atom stereocenters. The van der Waals surface area contributed by atoms with Crippen LogP contribution in [0.25, 0.3) is 21.7 Å². The Labute approximate surface area is 203 Å². The fourth-order valence-electron chi connectivity index (χ4n) is 5.91. The lowest BCUT2D eigenvalue weighted by atomic mass is 9.76. The van der Waals surface area contributed by atoms with E-state index in [0.717, 1.165) is 17.7 Å². The van der Waals surface area contributed by atoms with Crippen molar-refractivity contribution in [3.8, 4) is 0 Å². The van der Waals surface area contributed by atoms with Gasteiger partial charge in [0.2, 0.25) is 0 Å². The first-order valence-electron chi connectivity index (χ1n) is 13.8. The minimum absolute atomic E-state index is 0.0991. The van der Waals surface area contributed by atoms with Crippen LogP contribution >= 0.6 is 0 Å². The smallest absolute Gasteiger partial charge is 0.344 e. The highest BCUT2D eigenvalue weighted by atomic mass is 19.1. The maximum Gasteiger partial charge on any atom is 0.344 e. The molecule has 1 heterocycles. The monoisotopic (exact) mass is 464 g/mol. The van der Waals surface area contributed by atoms with E-state index in [2.05, 4.69) is 13.0 Å². The fraction of sp³-hybridized carbons (Fsp3) is 0.581. The number of fused-ring (bicyclic) bond motifs is 3. The van der Waals surface area contributed by atoms with Gasteiger partial charge in [-0.2, -0.15) is 0 Å². The van der Waals surface area contributed by atoms with Crippen LogP contribution < -0.4 is 5.63 Å². The third kappa shape index (κ3) is 5.73. The van der Waals surface area contributed by atoms with Crippen LogP contribution in [0.15, 0.2) is 39.5 Å². The Hall–Kier alpha value is -2.16. The molecule has 1 saturated carbocycles. The van der Waals surface area contributed by atoms with Crippen molar-refractivity contribution in [1.82, 2.24) is 0 Å². The molecule has 4 rings (SSSR count). The van der Waals surface area contributed by atoms with Crippen molar-refractivity contribution in [2.75, 3.05) is 0 Å². The summed E-state index contributed by atoms with van der Waals surface area (Å²) in [4.78, 5) is 12.8. The van der Waals surface area contributed by atoms with Crippen LogP contribution in [0.1, 0.15) is 114 Å². The van der Waals surface area contributed by atoms with E-state index in [1.165, 1.54) is 82.6 Å². The summed E-state index contributed by atoms with van der Waals surface area (Å²) in [5.74, 6) is 0.983. The molecule has 3 heteroatoms. The van der Waals surface area contributed by atoms with Crippen LogP contribution in [-0.2, 0) is 6.42 Å². The summed E-state index contributed by atoms with van der Waals surface area (Å²) in [6.45, 7) is 4.29. The lowest BCUT2D eigenvalue weighted by molar-refractivity contribution is 0.302. The first-order chi connectivity index (χ1) is 16.6. The zero-order valence-corrected chi connectivity index (χ0v) is 21.1. The van der Waals surface area contributed by atoms with Crippen LogP contribution in [0.4, 0.5) is 4.39 Å². The van der Waals surface area contributed by atoms with Crippen LogP contribution in [0.5, 0.6) is 0 Å². The van der Waals surface area contributed by atoms with Crippen LogP contribution in [0.2, 0.25) is 0 Å². The molecule has 2 nitrogen and oxygen atoms in total. The Morgan fingerprint density at radius 3 is 2.26 bits per heavy atom. The van der Waals surface area contributed by atoms with Gasteiger partial charge in [-0.05, 0) is 61.1 Å². The molecule has 0 amide bonds. The highest BCUT2D eigenvalue weighted by Crippen LogP contribution is 2.39. The fourth-order valence-corrected chi connectivity index (χ4v) is 5.91. The number of hydrogen-bond donors (Lipinski definition) is 0. The lowest BCUT2D eigenvalue weighted by Crippen LogP contribution is -2.14. The predicted octanol–water partition coefficient (Wildman–Crippen LogP) is 9.45. The normalized spacial score (nSPS) is 18.7. The number of hydrogen-bond acceptors (Lipinski definition) is 2. The van der Waals surface area contributed by atoms with Gasteiger partial charge in [0.05, 0.1) is 5.39 Å². The molecule has 0 saturated heterocycles. The van der Waals surface area contributed by atoms with Gasteiger partial charge in [0, 0.05) is 10.8 Å². The quantitative estimate of drug-likeness (QED) is 0.161. The van der Waals surface area contributed by atoms with Gasteiger partial charge >= 0.3 is 5.63 Å². The molecule has 1 fully saturated rings. The summed E-state index contributed by atoms with van der Waals surface area (Å²) in [6.07, 6.45) is 17.5. The third-order valence-corrected chi connectivity index (χ3v) is 7.98. The average Bonchev–Trinajstić information content (AvgIpc) is 2.86. The van der Waals surface area contributed by atoms with Crippen molar-refractivity contribution in [1.29, 1.82) is 0 Å². The Morgan fingerprint density at radius 2 is 1.53 bits per heavy atom. The topological polar surface area (TPSA) is 30.2 Å². The molecule has 3 aromatic rings. The summed E-state index contributed by atoms with van der Waals surface area (Å²) in [5.41, 5.74) is 1.52. The molecule has 1 aliphatic rings. The van der Waals surface area contributed by atoms with E-state index >= 15 is 0 Å². The van der Waals surface area contributed by atoms with Gasteiger partial charge in [0.25, 0.3) is 0 Å². The van der Waals surface area contributed by atoms with Crippen molar-refractivity contribution in [3.63, 3.8) is 0 Å². The zero-order chi connectivity index (χ0) is 23.9. The van der Waals surface area contributed by atoms with Gasteiger partial charge in [-0.15, -0.1) is 0 Å². The second-order valence-corrected chi connectivity index (χ2v) is 10.5. The van der Waals surface area contributed by atoms with Gasteiger partial charge in [-0.1, -0.05) is 95.9 Å². The third-order valence-electron chi connectivity index (χ3n) is 7.98. The molecule has 1 aliphatic carbocycles. The summed E-state index contributed by atoms with van der Waals surface area (Å²) in [7, 11) is 0. The van der Waals surface area contributed by atoms with E-state index in [0.29, 0.717) is 28.7 Å². The van der Waals surface area contributed by atoms with Crippen molar-refractivity contribution < 1.29 is 8.81 Å². The summed E-state index contributed by atoms with van der Waals surface area (Å²) in [5, 5.41) is 2.07. The molecule has 2 aromatic carbocycles. The Balaban J connectivity index is 1.40. The maximum absolute atomic E-state index is 14.9. The second-order valence-electron chi connectivity index (χ2n) is 10.5. The molecule has 0 aliphatic heterocycles. The van der Waals surface area contributed by atoms with Crippen molar-refractivity contribution in [2.24, 2.45) is 5.92 Å². The zero-order valence-electron chi connectivity index (χ0n) is 21.1. The Bertz CT molecular complexity index is 1140. The van der Waals surface area contributed by atoms with E-state index in [1.54, 1.807) is 0 Å². The molecule has 34 heavy (non-hydrogen) atoms. The highest BCUT2D eigenvalue weighted by Gasteiger charge is 2.23. The summed E-state index contributed by atoms with van der Waals surface area (Å²) < 4.78 is 20.4. The Kier molecular flexibility index (Phi) is 8.80. The molecule has 0 bridgehead atoms. The SMILES string of the molecule is CCCCCCCCCC1CCC(c2ccc3c(c2)c(=O)oc2c(F)c(CCC)ccc23)CC1. The van der Waals surface area contributed by atoms with E-state index in [9.17, 15) is 9.18 Å². The number of aryl methyl sites for hydroxylation is 1. The first-order valence-corrected chi connectivity index (χ1v) is 13.8. The molecule has 1 aromatic heterocycles. The molecule has 0 spiro atoms. The van der Waals surface area contributed by atoms with Crippen molar-refractivity contribution >= 4 is 21.7 Å². The first kappa shape index (κ1) is 24.9. The maximum atomic E-state index is 14.9. The number of unbranched alkanes of at least 4 members (excludes halogenated alkanes) is 6. The highest BCUT2D eigenvalue weighted by molar-refractivity contribution is 6.04. The van der Waals surface area contributed by atoms with E-state index in [1.807, 2.05) is 31.2 Å². The van der Waals surface area contributed by atoms with E-state index in [-0.39, 0.29) is 11.4 Å². The number of halogens is 1. The number of rotatable bonds is 11. The van der Waals surface area contributed by atoms with Gasteiger partial charge in [-0.3, -0.25) is 0 Å². The van der Waals surface area contributed by atoms with Gasteiger partial charge in [0.15, 0.2) is 11.4 Å². The number of benzene rings is 2. The summed E-state index contributed by atoms with van der Waals surface area (Å²) >= 11 is 0. The predicted molar refractivity (Wildman–Crippen MR) is 141 cm³/mol. The van der Waals surface area contributed by atoms with Crippen molar-refractivity contribution in [3.05, 3.63) is 57.7 Å². The standard InChI is InChI=1S/C31H41FO2/c1-3-5-6-7-8-9-10-12-22-13-15-23(16-14-22)25-18-19-26-27-20-17-24(11-4-2)29(32)30(27)34-31(33)28(26)21-25/h17-23H,3-16H2,1-2H3. The van der Waals surface area contributed by atoms with Crippen LogP contribution in [0.3, 0.4) is 0 Å². The lowest BCUT2D eigenvalue weighted by Gasteiger charge is -2.29. The molecule has 0 N–H and O–H groups in total. The molecular formula is C31H41FO2. The molecule has 0 radical (unpaired) electrons. The van der Waals surface area contributed by atoms with Crippen LogP contribution in [0, 0.1) is 11.7 Å². The van der Waals surface area contributed by atoms with Gasteiger partial charge in [-0.25, -0.2) is 9.18 Å². The van der Waals surface area contributed by atoms with E-state index in [4.69, 9.17) is 4.42 Å². The molecular weight excluding hydrogens is 423 g/mol. The van der Waals surface area contributed by atoms with Gasteiger partial charge in [0.1, 0.15) is 0 Å². The molecule has 0 atom stereocenters. The average molecular weight is 465 g/mol. The van der Waals surface area contributed by atoms with Crippen LogP contribution in [-0.4, -0.2) is 0 Å². The molecule has 184 valence electrons. The second kappa shape index (κ2) is 12.0. The summed E-state index contributed by atoms with van der Waals surface area (Å²) in [6, 6.07) is 9.91. The minimum atomic E-state index is -0.426. The minimum Gasteiger partial charge on any atom is -0.419 e. The Morgan fingerprint density at radius 1 is 0.824 bits per heavy atom. The van der Waals surface area contributed by atoms with E-state index < -0.39 is 5.63 Å².